The predicted octanol–water partition coefficient (Wildman–Crippen LogP) is 2.04. The van der Waals surface area contributed by atoms with E-state index in [0.29, 0.717) is 17.8 Å². The fourth-order valence-corrected chi connectivity index (χ4v) is 1.87. The largest absolute Gasteiger partial charge is 0.453 e. The highest BCUT2D eigenvalue weighted by Gasteiger charge is 2.12. The van der Waals surface area contributed by atoms with Crippen LogP contribution in [0.2, 0.25) is 0 Å². The SMILES string of the molecule is Cn1nnc2cccc(-c3ccc(C=O)o3)c21. The lowest BCUT2D eigenvalue weighted by Gasteiger charge is -2.00. The van der Waals surface area contributed by atoms with E-state index in [0.717, 1.165) is 16.6 Å². The Bertz CT molecular complexity index is 697. The molecule has 0 saturated heterocycles. The Kier molecular flexibility index (Phi) is 2.04. The molecular formula is C12H9N3O2. The van der Waals surface area contributed by atoms with Gasteiger partial charge in [0.05, 0.1) is 5.52 Å². The van der Waals surface area contributed by atoms with Crippen LogP contribution in [0.15, 0.2) is 34.7 Å². The van der Waals surface area contributed by atoms with Crippen molar-refractivity contribution in [3.05, 3.63) is 36.1 Å². The second-order valence-corrected chi connectivity index (χ2v) is 3.71. The average molecular weight is 227 g/mol. The van der Waals surface area contributed by atoms with Gasteiger partial charge in [0.25, 0.3) is 0 Å². The summed E-state index contributed by atoms with van der Waals surface area (Å²) in [6, 6.07) is 9.10. The van der Waals surface area contributed by atoms with E-state index in [1.54, 1.807) is 16.8 Å². The predicted molar refractivity (Wildman–Crippen MR) is 61.6 cm³/mol. The van der Waals surface area contributed by atoms with Gasteiger partial charge in [-0.2, -0.15) is 0 Å². The number of carbonyl (C=O) groups excluding carboxylic acids is 1. The smallest absolute Gasteiger partial charge is 0.185 e. The molecule has 3 rings (SSSR count). The minimum atomic E-state index is 0.312. The highest BCUT2D eigenvalue weighted by Crippen LogP contribution is 2.28. The lowest BCUT2D eigenvalue weighted by atomic mass is 10.1. The molecular weight excluding hydrogens is 218 g/mol. The van der Waals surface area contributed by atoms with Gasteiger partial charge in [-0.3, -0.25) is 4.79 Å². The number of fused-ring (bicyclic) bond motifs is 1. The van der Waals surface area contributed by atoms with Crippen LogP contribution in [0.1, 0.15) is 10.6 Å². The van der Waals surface area contributed by atoms with Crippen molar-refractivity contribution in [2.45, 2.75) is 0 Å². The fourth-order valence-electron chi connectivity index (χ4n) is 1.87. The summed E-state index contributed by atoms with van der Waals surface area (Å²) in [4.78, 5) is 10.6. The molecule has 0 N–H and O–H groups in total. The highest BCUT2D eigenvalue weighted by atomic mass is 16.3. The van der Waals surface area contributed by atoms with E-state index in [-0.39, 0.29) is 0 Å². The molecule has 0 aliphatic heterocycles. The third-order valence-electron chi connectivity index (χ3n) is 2.63. The molecule has 0 amide bonds. The van der Waals surface area contributed by atoms with Crippen molar-refractivity contribution in [1.29, 1.82) is 0 Å². The maximum absolute atomic E-state index is 10.6. The molecule has 0 fully saturated rings. The minimum Gasteiger partial charge on any atom is -0.453 e. The molecule has 3 aromatic rings. The van der Waals surface area contributed by atoms with Crippen molar-refractivity contribution in [2.24, 2.45) is 7.05 Å². The summed E-state index contributed by atoms with van der Waals surface area (Å²) >= 11 is 0. The molecule has 1 aromatic carbocycles. The van der Waals surface area contributed by atoms with Crippen molar-refractivity contribution >= 4 is 17.3 Å². The van der Waals surface area contributed by atoms with Crippen LogP contribution >= 0.6 is 0 Å². The quantitative estimate of drug-likeness (QED) is 0.628. The second-order valence-electron chi connectivity index (χ2n) is 3.71. The molecule has 0 radical (unpaired) electrons. The van der Waals surface area contributed by atoms with Crippen LogP contribution in [0.4, 0.5) is 0 Å². The Balaban J connectivity index is 2.29. The molecule has 0 atom stereocenters. The van der Waals surface area contributed by atoms with E-state index in [1.807, 2.05) is 25.2 Å². The van der Waals surface area contributed by atoms with E-state index in [2.05, 4.69) is 10.3 Å². The van der Waals surface area contributed by atoms with Gasteiger partial charge in [-0.05, 0) is 24.3 Å². The van der Waals surface area contributed by atoms with E-state index in [4.69, 9.17) is 4.42 Å². The molecule has 5 nitrogen and oxygen atoms in total. The number of aryl methyl sites for hydroxylation is 1. The van der Waals surface area contributed by atoms with Gasteiger partial charge >= 0.3 is 0 Å². The number of nitrogens with zero attached hydrogens (tertiary/aromatic N) is 3. The molecule has 0 saturated carbocycles. The first-order chi connectivity index (χ1) is 8.29. The van der Waals surface area contributed by atoms with Crippen LogP contribution in [-0.4, -0.2) is 21.3 Å². The number of furan rings is 1. The van der Waals surface area contributed by atoms with Gasteiger partial charge in [0.15, 0.2) is 12.0 Å². The zero-order valence-corrected chi connectivity index (χ0v) is 9.12. The van der Waals surface area contributed by atoms with Gasteiger partial charge < -0.3 is 4.42 Å². The second kappa shape index (κ2) is 3.55. The standard InChI is InChI=1S/C12H9N3O2/c1-15-12-9(3-2-4-10(12)13-14-15)11-6-5-8(7-16)17-11/h2-7H,1H3. The summed E-state index contributed by atoms with van der Waals surface area (Å²) in [7, 11) is 1.82. The molecule has 2 heterocycles. The van der Waals surface area contributed by atoms with Crippen molar-refractivity contribution in [3.8, 4) is 11.3 Å². The number of rotatable bonds is 2. The molecule has 84 valence electrons. The molecule has 0 spiro atoms. The summed E-state index contributed by atoms with van der Waals surface area (Å²) < 4.78 is 7.10. The van der Waals surface area contributed by atoms with E-state index < -0.39 is 0 Å². The normalized spacial score (nSPS) is 10.9. The third kappa shape index (κ3) is 1.44. The number of carbonyl (C=O) groups is 1. The highest BCUT2D eigenvalue weighted by molar-refractivity contribution is 5.90. The van der Waals surface area contributed by atoms with Gasteiger partial charge in [-0.15, -0.1) is 5.10 Å². The van der Waals surface area contributed by atoms with Crippen LogP contribution in [0.25, 0.3) is 22.4 Å². The van der Waals surface area contributed by atoms with Gasteiger partial charge in [0, 0.05) is 12.6 Å². The van der Waals surface area contributed by atoms with Crippen LogP contribution < -0.4 is 0 Å². The van der Waals surface area contributed by atoms with Crippen LogP contribution in [0.3, 0.4) is 0 Å². The van der Waals surface area contributed by atoms with Crippen LogP contribution in [-0.2, 0) is 7.05 Å². The van der Waals surface area contributed by atoms with Crippen molar-refractivity contribution in [2.75, 3.05) is 0 Å². The van der Waals surface area contributed by atoms with E-state index in [9.17, 15) is 4.79 Å². The summed E-state index contributed by atoms with van der Waals surface area (Å²) in [6.45, 7) is 0. The number of aromatic nitrogens is 3. The average Bonchev–Trinajstić information content (AvgIpc) is 2.96. The number of para-hydroxylation sites is 1. The molecule has 0 aliphatic carbocycles. The van der Waals surface area contributed by atoms with Gasteiger partial charge in [0.2, 0.25) is 0 Å². The first kappa shape index (κ1) is 9.77. The first-order valence-corrected chi connectivity index (χ1v) is 5.13. The van der Waals surface area contributed by atoms with Gasteiger partial charge in [0.1, 0.15) is 11.3 Å². The summed E-state index contributed by atoms with van der Waals surface area (Å²) in [5.74, 6) is 0.954. The number of hydrogen-bond donors (Lipinski definition) is 0. The van der Waals surface area contributed by atoms with E-state index >= 15 is 0 Å². The van der Waals surface area contributed by atoms with Crippen LogP contribution in [0.5, 0.6) is 0 Å². The molecule has 2 aromatic heterocycles. The summed E-state index contributed by atoms with van der Waals surface area (Å²) in [5, 5.41) is 8.00. The third-order valence-corrected chi connectivity index (χ3v) is 2.63. The molecule has 0 aliphatic rings. The topological polar surface area (TPSA) is 60.9 Å². The first-order valence-electron chi connectivity index (χ1n) is 5.13. The Morgan fingerprint density at radius 1 is 1.29 bits per heavy atom. The zero-order valence-electron chi connectivity index (χ0n) is 9.12. The Labute approximate surface area is 96.7 Å². The lowest BCUT2D eigenvalue weighted by molar-refractivity contribution is 0.110. The van der Waals surface area contributed by atoms with E-state index in [1.165, 1.54) is 0 Å². The van der Waals surface area contributed by atoms with Crippen molar-refractivity contribution in [3.63, 3.8) is 0 Å². The Hall–Kier alpha value is -2.43. The molecule has 0 unspecified atom stereocenters. The van der Waals surface area contributed by atoms with Gasteiger partial charge in [-0.25, -0.2) is 4.68 Å². The number of hydrogen-bond acceptors (Lipinski definition) is 4. The summed E-state index contributed by atoms with van der Waals surface area (Å²) in [5.41, 5.74) is 2.57. The fraction of sp³-hybridized carbons (Fsp3) is 0.0833. The number of aldehydes is 1. The molecule has 5 heteroatoms. The molecule has 0 bridgehead atoms. The Morgan fingerprint density at radius 3 is 2.94 bits per heavy atom. The molecule has 17 heavy (non-hydrogen) atoms. The maximum Gasteiger partial charge on any atom is 0.185 e. The van der Waals surface area contributed by atoms with Crippen molar-refractivity contribution in [1.82, 2.24) is 15.0 Å². The van der Waals surface area contributed by atoms with Crippen LogP contribution in [0, 0.1) is 0 Å². The maximum atomic E-state index is 10.6. The number of benzene rings is 1. The Morgan fingerprint density at radius 2 is 2.18 bits per heavy atom. The summed E-state index contributed by atoms with van der Waals surface area (Å²) in [6.07, 6.45) is 0.686. The lowest BCUT2D eigenvalue weighted by Crippen LogP contribution is -1.91. The van der Waals surface area contributed by atoms with Crippen molar-refractivity contribution < 1.29 is 9.21 Å². The minimum absolute atomic E-state index is 0.312. The van der Waals surface area contributed by atoms with Gasteiger partial charge in [-0.1, -0.05) is 11.3 Å². The zero-order chi connectivity index (χ0) is 11.8. The monoisotopic (exact) mass is 227 g/mol.